The van der Waals surface area contributed by atoms with E-state index in [-0.39, 0.29) is 18.4 Å². The lowest BCUT2D eigenvalue weighted by Crippen LogP contribution is -2.36. The van der Waals surface area contributed by atoms with Crippen molar-refractivity contribution in [3.63, 3.8) is 0 Å². The van der Waals surface area contributed by atoms with Gasteiger partial charge in [0.25, 0.3) is 0 Å². The van der Waals surface area contributed by atoms with E-state index in [0.29, 0.717) is 19.4 Å². The predicted octanol–water partition coefficient (Wildman–Crippen LogP) is 2.57. The number of aryl methyl sites for hydroxylation is 1. The van der Waals surface area contributed by atoms with Crippen molar-refractivity contribution in [3.05, 3.63) is 36.0 Å². The molecule has 1 aromatic carbocycles. The van der Waals surface area contributed by atoms with Gasteiger partial charge in [0.15, 0.2) is 0 Å². The Morgan fingerprint density at radius 2 is 2.14 bits per heavy atom. The second kappa shape index (κ2) is 6.22. The summed E-state index contributed by atoms with van der Waals surface area (Å²) in [5.74, 6) is -0.768. The van der Waals surface area contributed by atoms with Gasteiger partial charge in [0.05, 0.1) is 6.42 Å². The van der Waals surface area contributed by atoms with Crippen molar-refractivity contribution in [2.45, 2.75) is 38.1 Å². The second-order valence-corrected chi connectivity index (χ2v) is 5.84. The molecular formula is C17H20N2O3. The van der Waals surface area contributed by atoms with Gasteiger partial charge < -0.3 is 15.0 Å². The molecule has 0 bridgehead atoms. The molecule has 0 radical (unpaired) electrons. The first-order valence-electron chi connectivity index (χ1n) is 7.71. The van der Waals surface area contributed by atoms with E-state index < -0.39 is 5.97 Å². The standard InChI is InChI=1S/C17H20N2O3/c20-16(19-9-3-4-13(19)10-17(21)22)8-7-12-11-18-15-6-2-1-5-14(12)15/h1-2,5-6,11,13,18H,3-4,7-10H2,(H,21,22). The minimum absolute atomic E-state index is 0.0544. The zero-order chi connectivity index (χ0) is 15.5. The number of carbonyl (C=O) groups excluding carboxylic acids is 1. The van der Waals surface area contributed by atoms with E-state index in [4.69, 9.17) is 5.11 Å². The van der Waals surface area contributed by atoms with Crippen LogP contribution in [0.3, 0.4) is 0 Å². The van der Waals surface area contributed by atoms with Gasteiger partial charge in [-0.05, 0) is 30.9 Å². The Balaban J connectivity index is 1.63. The van der Waals surface area contributed by atoms with E-state index in [0.717, 1.165) is 29.3 Å². The quantitative estimate of drug-likeness (QED) is 0.891. The SMILES string of the molecule is O=C(O)CC1CCCN1C(=O)CCc1c[nH]c2ccccc12. The molecule has 0 saturated carbocycles. The number of H-pyrrole nitrogens is 1. The Morgan fingerprint density at radius 3 is 2.95 bits per heavy atom. The molecule has 1 aliphatic heterocycles. The maximum atomic E-state index is 12.4. The normalized spacial score (nSPS) is 18.0. The lowest BCUT2D eigenvalue weighted by molar-refractivity contribution is -0.139. The van der Waals surface area contributed by atoms with Gasteiger partial charge in [0, 0.05) is 36.1 Å². The number of aliphatic carboxylic acids is 1. The van der Waals surface area contributed by atoms with Crippen molar-refractivity contribution in [3.8, 4) is 0 Å². The highest BCUT2D eigenvalue weighted by Gasteiger charge is 2.29. The Labute approximate surface area is 128 Å². The summed E-state index contributed by atoms with van der Waals surface area (Å²) in [6.07, 6.45) is 4.81. The number of nitrogens with one attached hydrogen (secondary N) is 1. The number of carbonyl (C=O) groups is 2. The van der Waals surface area contributed by atoms with Crippen molar-refractivity contribution >= 4 is 22.8 Å². The van der Waals surface area contributed by atoms with Crippen LogP contribution in [0.4, 0.5) is 0 Å². The van der Waals surface area contributed by atoms with Crippen LogP contribution in [-0.2, 0) is 16.0 Å². The minimum Gasteiger partial charge on any atom is -0.481 e. The van der Waals surface area contributed by atoms with E-state index in [1.807, 2.05) is 24.4 Å². The van der Waals surface area contributed by atoms with Gasteiger partial charge in [-0.2, -0.15) is 0 Å². The van der Waals surface area contributed by atoms with Gasteiger partial charge in [0.2, 0.25) is 5.91 Å². The van der Waals surface area contributed by atoms with Crippen molar-refractivity contribution in [2.75, 3.05) is 6.54 Å². The van der Waals surface area contributed by atoms with Crippen molar-refractivity contribution in [1.82, 2.24) is 9.88 Å². The number of amides is 1. The number of benzene rings is 1. The largest absolute Gasteiger partial charge is 0.481 e. The molecule has 1 saturated heterocycles. The first-order valence-corrected chi connectivity index (χ1v) is 7.71. The molecule has 2 aromatic rings. The highest BCUT2D eigenvalue weighted by atomic mass is 16.4. The fourth-order valence-electron chi connectivity index (χ4n) is 3.30. The minimum atomic E-state index is -0.832. The lowest BCUT2D eigenvalue weighted by atomic mass is 10.1. The number of fused-ring (bicyclic) bond motifs is 1. The van der Waals surface area contributed by atoms with Crippen molar-refractivity contribution in [1.29, 1.82) is 0 Å². The number of likely N-dealkylation sites (tertiary alicyclic amines) is 1. The smallest absolute Gasteiger partial charge is 0.305 e. The molecule has 1 atom stereocenters. The molecule has 1 amide bonds. The molecule has 1 aliphatic rings. The molecule has 1 aromatic heterocycles. The lowest BCUT2D eigenvalue weighted by Gasteiger charge is -2.23. The molecule has 3 rings (SSSR count). The number of rotatable bonds is 5. The molecular weight excluding hydrogens is 280 g/mol. The average molecular weight is 300 g/mol. The summed E-state index contributed by atoms with van der Waals surface area (Å²) in [4.78, 5) is 28.2. The van der Waals surface area contributed by atoms with Crippen LogP contribution in [0.5, 0.6) is 0 Å². The molecule has 2 heterocycles. The molecule has 1 fully saturated rings. The van der Waals surface area contributed by atoms with Crippen LogP contribution < -0.4 is 0 Å². The molecule has 5 nitrogen and oxygen atoms in total. The second-order valence-electron chi connectivity index (χ2n) is 5.84. The Bertz CT molecular complexity index is 692. The van der Waals surface area contributed by atoms with E-state index in [9.17, 15) is 9.59 Å². The van der Waals surface area contributed by atoms with Crippen LogP contribution >= 0.6 is 0 Å². The van der Waals surface area contributed by atoms with Crippen LogP contribution in [0.2, 0.25) is 0 Å². The summed E-state index contributed by atoms with van der Waals surface area (Å²) in [5.41, 5.74) is 2.22. The van der Waals surface area contributed by atoms with Gasteiger partial charge in [-0.15, -0.1) is 0 Å². The number of aromatic amines is 1. The molecule has 116 valence electrons. The van der Waals surface area contributed by atoms with Gasteiger partial charge in [0.1, 0.15) is 0 Å². The zero-order valence-corrected chi connectivity index (χ0v) is 12.4. The van der Waals surface area contributed by atoms with E-state index in [1.165, 1.54) is 0 Å². The Hall–Kier alpha value is -2.30. The highest BCUT2D eigenvalue weighted by Crippen LogP contribution is 2.23. The zero-order valence-electron chi connectivity index (χ0n) is 12.4. The Morgan fingerprint density at radius 1 is 1.32 bits per heavy atom. The molecule has 0 aliphatic carbocycles. The monoisotopic (exact) mass is 300 g/mol. The molecule has 1 unspecified atom stereocenters. The third-order valence-electron chi connectivity index (χ3n) is 4.39. The predicted molar refractivity (Wildman–Crippen MR) is 83.6 cm³/mol. The van der Waals surface area contributed by atoms with Crippen LogP contribution in [-0.4, -0.2) is 39.5 Å². The number of nitrogens with zero attached hydrogens (tertiary/aromatic N) is 1. The summed E-state index contributed by atoms with van der Waals surface area (Å²) < 4.78 is 0. The van der Waals surface area contributed by atoms with Crippen LogP contribution in [0.1, 0.15) is 31.2 Å². The van der Waals surface area contributed by atoms with E-state index >= 15 is 0 Å². The highest BCUT2D eigenvalue weighted by molar-refractivity contribution is 5.84. The number of hydrogen-bond acceptors (Lipinski definition) is 2. The van der Waals surface area contributed by atoms with E-state index in [1.54, 1.807) is 4.90 Å². The first-order chi connectivity index (χ1) is 10.6. The van der Waals surface area contributed by atoms with Gasteiger partial charge in [-0.3, -0.25) is 9.59 Å². The number of para-hydroxylation sites is 1. The summed E-state index contributed by atoms with van der Waals surface area (Å²) >= 11 is 0. The van der Waals surface area contributed by atoms with Crippen LogP contribution in [0.25, 0.3) is 10.9 Å². The number of aromatic nitrogens is 1. The van der Waals surface area contributed by atoms with E-state index in [2.05, 4.69) is 11.1 Å². The molecule has 5 heteroatoms. The maximum absolute atomic E-state index is 12.4. The van der Waals surface area contributed by atoms with Crippen LogP contribution in [0, 0.1) is 0 Å². The summed E-state index contributed by atoms with van der Waals surface area (Å²) in [6, 6.07) is 7.91. The summed E-state index contributed by atoms with van der Waals surface area (Å²) in [7, 11) is 0. The fourth-order valence-corrected chi connectivity index (χ4v) is 3.30. The fraction of sp³-hybridized carbons (Fsp3) is 0.412. The molecule has 0 spiro atoms. The van der Waals surface area contributed by atoms with Crippen LogP contribution in [0.15, 0.2) is 30.5 Å². The molecule has 2 N–H and O–H groups in total. The summed E-state index contributed by atoms with van der Waals surface area (Å²) in [6.45, 7) is 0.685. The average Bonchev–Trinajstić information content (AvgIpc) is 3.11. The van der Waals surface area contributed by atoms with Crippen molar-refractivity contribution < 1.29 is 14.7 Å². The Kier molecular flexibility index (Phi) is 4.13. The van der Waals surface area contributed by atoms with Gasteiger partial charge in [-0.1, -0.05) is 18.2 Å². The van der Waals surface area contributed by atoms with Crippen molar-refractivity contribution in [2.24, 2.45) is 0 Å². The molecule has 22 heavy (non-hydrogen) atoms. The maximum Gasteiger partial charge on any atom is 0.305 e. The third-order valence-corrected chi connectivity index (χ3v) is 4.39. The van der Waals surface area contributed by atoms with Gasteiger partial charge >= 0.3 is 5.97 Å². The number of hydrogen-bond donors (Lipinski definition) is 2. The third kappa shape index (κ3) is 2.98. The van der Waals surface area contributed by atoms with Gasteiger partial charge in [-0.25, -0.2) is 0 Å². The topological polar surface area (TPSA) is 73.4 Å². The number of carboxylic acids is 1. The number of carboxylic acid groups (broad SMARTS) is 1. The first kappa shape index (κ1) is 14.6. The summed E-state index contributed by atoms with van der Waals surface area (Å²) in [5, 5.41) is 10.1.